The first-order valence-corrected chi connectivity index (χ1v) is 9.12. The second-order valence-corrected chi connectivity index (χ2v) is 7.29. The molecule has 0 atom stereocenters. The fourth-order valence-corrected chi connectivity index (χ4v) is 4.40. The summed E-state index contributed by atoms with van der Waals surface area (Å²) in [6.07, 6.45) is 7.90. The molecule has 2 fully saturated rings. The van der Waals surface area contributed by atoms with E-state index in [-0.39, 0.29) is 0 Å². The average Bonchev–Trinajstić information content (AvgIpc) is 3.33. The molecule has 0 unspecified atom stereocenters. The van der Waals surface area contributed by atoms with Crippen LogP contribution in [0.3, 0.4) is 0 Å². The average molecular weight is 329 g/mol. The highest BCUT2D eigenvalue weighted by Gasteiger charge is 2.40. The normalized spacial score (nSPS) is 21.7. The van der Waals surface area contributed by atoms with Crippen molar-refractivity contribution in [1.82, 2.24) is 10.2 Å². The number of nitrogens with one attached hydrogen (secondary N) is 1. The number of hydrogen-bond acceptors (Lipinski definition) is 3. The number of aliphatic imine (C=N–C) groups is 1. The Morgan fingerprint density at radius 2 is 2.04 bits per heavy atom. The molecule has 0 bridgehead atoms. The molecule has 1 saturated heterocycles. The molecule has 0 radical (unpaired) electrons. The number of likely N-dealkylation sites (tertiary alicyclic amines) is 1. The van der Waals surface area contributed by atoms with Crippen LogP contribution in [0.5, 0.6) is 11.5 Å². The lowest BCUT2D eigenvalue weighted by molar-refractivity contribution is 0.174. The number of benzene rings is 1. The maximum absolute atomic E-state index is 5.45. The Kier molecular flexibility index (Phi) is 4.25. The molecule has 1 spiro atoms. The maximum atomic E-state index is 5.45. The Morgan fingerprint density at radius 3 is 2.88 bits per heavy atom. The van der Waals surface area contributed by atoms with Crippen molar-refractivity contribution in [1.29, 1.82) is 0 Å². The lowest BCUT2D eigenvalue weighted by atomic mass is 9.86. The van der Waals surface area contributed by atoms with Gasteiger partial charge in [-0.3, -0.25) is 4.99 Å². The highest BCUT2D eigenvalue weighted by molar-refractivity contribution is 5.80. The fraction of sp³-hybridized carbons (Fsp3) is 0.632. The first-order chi connectivity index (χ1) is 11.8. The van der Waals surface area contributed by atoms with E-state index in [9.17, 15) is 0 Å². The van der Waals surface area contributed by atoms with E-state index in [1.165, 1.54) is 44.2 Å². The van der Waals surface area contributed by atoms with Gasteiger partial charge in [0.05, 0.1) is 0 Å². The van der Waals surface area contributed by atoms with Crippen molar-refractivity contribution >= 4 is 5.96 Å². The summed E-state index contributed by atoms with van der Waals surface area (Å²) >= 11 is 0. The third-order valence-corrected chi connectivity index (χ3v) is 5.75. The van der Waals surface area contributed by atoms with Crippen molar-refractivity contribution in [3.05, 3.63) is 23.8 Å². The van der Waals surface area contributed by atoms with Gasteiger partial charge in [-0.2, -0.15) is 0 Å². The second-order valence-electron chi connectivity index (χ2n) is 7.29. The van der Waals surface area contributed by atoms with E-state index in [1.807, 2.05) is 13.1 Å². The Morgan fingerprint density at radius 1 is 1.21 bits per heavy atom. The molecule has 1 aromatic carbocycles. The van der Waals surface area contributed by atoms with Gasteiger partial charge in [0.1, 0.15) is 0 Å². The van der Waals surface area contributed by atoms with Crippen LogP contribution in [0.1, 0.15) is 37.7 Å². The van der Waals surface area contributed by atoms with Crippen molar-refractivity contribution in [3.63, 3.8) is 0 Å². The molecule has 24 heavy (non-hydrogen) atoms. The van der Waals surface area contributed by atoms with Gasteiger partial charge in [-0.15, -0.1) is 0 Å². The number of nitrogens with zero attached hydrogens (tertiary/aromatic N) is 2. The van der Waals surface area contributed by atoms with Gasteiger partial charge in [-0.25, -0.2) is 0 Å². The minimum Gasteiger partial charge on any atom is -0.454 e. The number of fused-ring (bicyclic) bond motifs is 1. The smallest absolute Gasteiger partial charge is 0.231 e. The SMILES string of the molecule is CN=C(NCCc1ccc2c(c1)OCO2)N1CCC2(CCCC2)C1. The largest absolute Gasteiger partial charge is 0.454 e. The van der Waals surface area contributed by atoms with Gasteiger partial charge in [0, 0.05) is 26.7 Å². The molecule has 2 heterocycles. The van der Waals surface area contributed by atoms with E-state index in [2.05, 4.69) is 27.3 Å². The molecule has 2 aliphatic heterocycles. The summed E-state index contributed by atoms with van der Waals surface area (Å²) < 4.78 is 10.8. The summed E-state index contributed by atoms with van der Waals surface area (Å²) in [5.74, 6) is 2.76. The van der Waals surface area contributed by atoms with Gasteiger partial charge in [0.15, 0.2) is 17.5 Å². The molecular weight excluding hydrogens is 302 g/mol. The van der Waals surface area contributed by atoms with Crippen LogP contribution in [0.4, 0.5) is 0 Å². The summed E-state index contributed by atoms with van der Waals surface area (Å²) in [5.41, 5.74) is 1.84. The van der Waals surface area contributed by atoms with Crippen molar-refractivity contribution in [2.24, 2.45) is 10.4 Å². The highest BCUT2D eigenvalue weighted by Crippen LogP contribution is 2.45. The first-order valence-electron chi connectivity index (χ1n) is 9.12. The van der Waals surface area contributed by atoms with Crippen LogP contribution >= 0.6 is 0 Å². The van der Waals surface area contributed by atoms with E-state index >= 15 is 0 Å². The van der Waals surface area contributed by atoms with Crippen LogP contribution in [0, 0.1) is 5.41 Å². The van der Waals surface area contributed by atoms with E-state index in [0.29, 0.717) is 12.2 Å². The van der Waals surface area contributed by atoms with E-state index in [4.69, 9.17) is 9.47 Å². The van der Waals surface area contributed by atoms with Crippen molar-refractivity contribution in [3.8, 4) is 11.5 Å². The highest BCUT2D eigenvalue weighted by atomic mass is 16.7. The molecular formula is C19H27N3O2. The Balaban J connectivity index is 1.30. The van der Waals surface area contributed by atoms with Crippen molar-refractivity contribution in [2.45, 2.75) is 38.5 Å². The lowest BCUT2D eigenvalue weighted by Gasteiger charge is -2.26. The molecule has 4 rings (SSSR count). The van der Waals surface area contributed by atoms with Gasteiger partial charge in [0.25, 0.3) is 0 Å². The second kappa shape index (κ2) is 6.54. The molecule has 3 aliphatic rings. The number of rotatable bonds is 3. The molecule has 1 aliphatic carbocycles. The molecule has 1 N–H and O–H groups in total. The molecule has 5 heteroatoms. The molecule has 1 aromatic rings. The minimum absolute atomic E-state index is 0.334. The third-order valence-electron chi connectivity index (χ3n) is 5.75. The summed E-state index contributed by atoms with van der Waals surface area (Å²) in [5, 5.41) is 3.54. The molecule has 0 amide bonds. The van der Waals surface area contributed by atoms with Crippen LogP contribution < -0.4 is 14.8 Å². The predicted molar refractivity (Wildman–Crippen MR) is 94.7 cm³/mol. The van der Waals surface area contributed by atoms with Crippen molar-refractivity contribution < 1.29 is 9.47 Å². The van der Waals surface area contributed by atoms with Crippen LogP contribution in [0.25, 0.3) is 0 Å². The Hall–Kier alpha value is -1.91. The third kappa shape index (κ3) is 3.04. The molecule has 5 nitrogen and oxygen atoms in total. The van der Waals surface area contributed by atoms with Gasteiger partial charge in [-0.1, -0.05) is 18.9 Å². The Labute approximate surface area is 144 Å². The van der Waals surface area contributed by atoms with Gasteiger partial charge >= 0.3 is 0 Å². The number of hydrogen-bond donors (Lipinski definition) is 1. The summed E-state index contributed by atoms with van der Waals surface area (Å²) in [6.45, 7) is 3.54. The first kappa shape index (κ1) is 15.6. The quantitative estimate of drug-likeness (QED) is 0.684. The maximum Gasteiger partial charge on any atom is 0.231 e. The number of ether oxygens (including phenoxy) is 2. The zero-order valence-corrected chi connectivity index (χ0v) is 14.5. The molecule has 130 valence electrons. The fourth-order valence-electron chi connectivity index (χ4n) is 4.40. The van der Waals surface area contributed by atoms with Crippen LogP contribution in [-0.4, -0.2) is 44.3 Å². The Bertz CT molecular complexity index is 623. The van der Waals surface area contributed by atoms with Crippen molar-refractivity contribution in [2.75, 3.05) is 33.5 Å². The van der Waals surface area contributed by atoms with Gasteiger partial charge in [-0.05, 0) is 48.8 Å². The van der Waals surface area contributed by atoms with Gasteiger partial charge < -0.3 is 19.7 Å². The molecule has 0 aromatic heterocycles. The zero-order valence-electron chi connectivity index (χ0n) is 14.5. The predicted octanol–water partition coefficient (Wildman–Crippen LogP) is 2.80. The van der Waals surface area contributed by atoms with Crippen LogP contribution in [0.15, 0.2) is 23.2 Å². The lowest BCUT2D eigenvalue weighted by Crippen LogP contribution is -2.41. The van der Waals surface area contributed by atoms with Gasteiger partial charge in [0.2, 0.25) is 6.79 Å². The van der Waals surface area contributed by atoms with E-state index < -0.39 is 0 Å². The minimum atomic E-state index is 0.334. The molecule has 1 saturated carbocycles. The monoisotopic (exact) mass is 329 g/mol. The summed E-state index contributed by atoms with van der Waals surface area (Å²) in [7, 11) is 1.89. The van der Waals surface area contributed by atoms with E-state index in [0.717, 1.165) is 37.0 Å². The summed E-state index contributed by atoms with van der Waals surface area (Å²) in [4.78, 5) is 6.95. The zero-order chi connectivity index (χ0) is 16.4. The standard InChI is InChI=1S/C19H27N3O2/c1-20-18(22-11-9-19(13-22)7-2-3-8-19)21-10-6-15-4-5-16-17(12-15)24-14-23-16/h4-5,12H,2-3,6-11,13-14H2,1H3,(H,20,21). The number of guanidine groups is 1. The topological polar surface area (TPSA) is 46.1 Å². The van der Waals surface area contributed by atoms with E-state index in [1.54, 1.807) is 0 Å². The van der Waals surface area contributed by atoms with Crippen LogP contribution in [0.2, 0.25) is 0 Å². The summed E-state index contributed by atoms with van der Waals surface area (Å²) in [6, 6.07) is 6.19. The van der Waals surface area contributed by atoms with Crippen LogP contribution in [-0.2, 0) is 6.42 Å².